The van der Waals surface area contributed by atoms with Crippen LogP contribution in [0.1, 0.15) is 5.56 Å². The van der Waals surface area contributed by atoms with E-state index in [0.29, 0.717) is 15.1 Å². The van der Waals surface area contributed by atoms with Crippen molar-refractivity contribution in [3.8, 4) is 0 Å². The van der Waals surface area contributed by atoms with E-state index in [1.807, 2.05) is 24.3 Å². The Morgan fingerprint density at radius 3 is 2.29 bits per heavy atom. The van der Waals surface area contributed by atoms with E-state index in [-0.39, 0.29) is 0 Å². The van der Waals surface area contributed by atoms with Crippen molar-refractivity contribution in [1.82, 2.24) is 0 Å². The second-order valence-corrected chi connectivity index (χ2v) is 4.60. The number of hydrogen-bond donors (Lipinski definition) is 0. The third-order valence-electron chi connectivity index (χ3n) is 2.16. The molecule has 0 radical (unpaired) electrons. The van der Waals surface area contributed by atoms with Crippen LogP contribution in [0.3, 0.4) is 0 Å². The molecular weight excluding hydrogens is 277 g/mol. The zero-order chi connectivity index (χ0) is 12.3. The van der Waals surface area contributed by atoms with Crippen molar-refractivity contribution in [2.24, 2.45) is 4.99 Å². The molecule has 2 rings (SSSR count). The lowest BCUT2D eigenvalue weighted by atomic mass is 10.2. The molecule has 2 aromatic rings. The van der Waals surface area contributed by atoms with Gasteiger partial charge < -0.3 is 0 Å². The molecular formula is C13H8Cl3N. The zero-order valence-electron chi connectivity index (χ0n) is 8.70. The number of nitrogens with zero attached hydrogens (tertiary/aromatic N) is 1. The molecule has 0 heterocycles. The molecule has 1 nitrogen and oxygen atoms in total. The molecule has 0 amide bonds. The predicted octanol–water partition coefficient (Wildman–Crippen LogP) is 5.40. The van der Waals surface area contributed by atoms with Crippen LogP contribution in [-0.4, -0.2) is 6.21 Å². The van der Waals surface area contributed by atoms with Gasteiger partial charge in [0.2, 0.25) is 0 Å². The van der Waals surface area contributed by atoms with Gasteiger partial charge in [-0.1, -0.05) is 46.9 Å². The van der Waals surface area contributed by atoms with Gasteiger partial charge in [0.25, 0.3) is 0 Å². The van der Waals surface area contributed by atoms with Gasteiger partial charge in [-0.2, -0.15) is 0 Å². The lowest BCUT2D eigenvalue weighted by molar-refractivity contribution is 1.52. The first-order valence-electron chi connectivity index (χ1n) is 4.90. The average Bonchev–Trinajstić information content (AvgIpc) is 2.33. The fraction of sp³-hybridized carbons (Fsp3) is 0. The van der Waals surface area contributed by atoms with Gasteiger partial charge in [0.1, 0.15) is 0 Å². The molecule has 0 saturated carbocycles. The van der Waals surface area contributed by atoms with E-state index in [9.17, 15) is 0 Å². The summed E-state index contributed by atoms with van der Waals surface area (Å²) in [4.78, 5) is 4.29. The highest BCUT2D eigenvalue weighted by atomic mass is 35.5. The minimum Gasteiger partial charge on any atom is -0.256 e. The average molecular weight is 285 g/mol. The number of aliphatic imine (C=N–C) groups is 1. The first kappa shape index (κ1) is 12.4. The van der Waals surface area contributed by atoms with Crippen molar-refractivity contribution in [1.29, 1.82) is 0 Å². The van der Waals surface area contributed by atoms with Crippen LogP contribution in [0.5, 0.6) is 0 Å². The van der Waals surface area contributed by atoms with Gasteiger partial charge >= 0.3 is 0 Å². The van der Waals surface area contributed by atoms with Crippen LogP contribution in [0.4, 0.5) is 5.69 Å². The van der Waals surface area contributed by atoms with Crippen molar-refractivity contribution in [3.05, 3.63) is 63.1 Å². The van der Waals surface area contributed by atoms with Crippen LogP contribution < -0.4 is 0 Å². The lowest BCUT2D eigenvalue weighted by Gasteiger charge is -1.99. The molecule has 4 heteroatoms. The molecule has 0 fully saturated rings. The van der Waals surface area contributed by atoms with Gasteiger partial charge in [0.15, 0.2) is 0 Å². The molecule has 2 aromatic carbocycles. The standard InChI is InChI=1S/C13H8Cl3N/c14-10-4-6-11(7-5-10)17-8-9-2-1-3-12(15)13(9)16/h1-8H/b17-8+. The van der Waals surface area contributed by atoms with Gasteiger partial charge in [-0.15, -0.1) is 0 Å². The Kier molecular flexibility index (Phi) is 4.06. The van der Waals surface area contributed by atoms with Gasteiger partial charge in [-0.05, 0) is 30.3 Å². The fourth-order valence-corrected chi connectivity index (χ4v) is 1.77. The summed E-state index contributed by atoms with van der Waals surface area (Å²) in [5.41, 5.74) is 1.60. The molecule has 0 N–H and O–H groups in total. The summed E-state index contributed by atoms with van der Waals surface area (Å²) in [6.07, 6.45) is 1.68. The lowest BCUT2D eigenvalue weighted by Crippen LogP contribution is -1.82. The molecule has 0 spiro atoms. The Labute approximate surface area is 115 Å². The van der Waals surface area contributed by atoms with E-state index in [2.05, 4.69) is 4.99 Å². The molecule has 0 aliphatic carbocycles. The molecule has 17 heavy (non-hydrogen) atoms. The van der Waals surface area contributed by atoms with Crippen molar-refractivity contribution in [3.63, 3.8) is 0 Å². The highest BCUT2D eigenvalue weighted by Gasteiger charge is 2.01. The summed E-state index contributed by atoms with van der Waals surface area (Å²) in [6, 6.07) is 12.7. The third-order valence-corrected chi connectivity index (χ3v) is 3.25. The van der Waals surface area contributed by atoms with Crippen LogP contribution in [0.25, 0.3) is 0 Å². The number of hydrogen-bond acceptors (Lipinski definition) is 1. The molecule has 0 saturated heterocycles. The van der Waals surface area contributed by atoms with E-state index in [1.165, 1.54) is 0 Å². The highest BCUT2D eigenvalue weighted by molar-refractivity contribution is 6.43. The molecule has 0 bridgehead atoms. The monoisotopic (exact) mass is 283 g/mol. The topological polar surface area (TPSA) is 12.4 Å². The van der Waals surface area contributed by atoms with Gasteiger partial charge in [-0.25, -0.2) is 0 Å². The first-order chi connectivity index (χ1) is 8.16. The number of halogens is 3. The van der Waals surface area contributed by atoms with E-state index >= 15 is 0 Å². The Hall–Kier alpha value is -1.02. The third kappa shape index (κ3) is 3.22. The SMILES string of the molecule is Clc1ccc(/N=C/c2cccc(Cl)c2Cl)cc1. The minimum atomic E-state index is 0.506. The number of benzene rings is 2. The van der Waals surface area contributed by atoms with Crippen LogP contribution in [0, 0.1) is 0 Å². The predicted molar refractivity (Wildman–Crippen MR) is 75.2 cm³/mol. The molecule has 86 valence electrons. The van der Waals surface area contributed by atoms with Crippen LogP contribution >= 0.6 is 34.8 Å². The zero-order valence-corrected chi connectivity index (χ0v) is 11.0. The van der Waals surface area contributed by atoms with Crippen LogP contribution in [-0.2, 0) is 0 Å². The maximum Gasteiger partial charge on any atom is 0.0680 e. The Morgan fingerprint density at radius 2 is 1.59 bits per heavy atom. The maximum atomic E-state index is 6.04. The van der Waals surface area contributed by atoms with Crippen LogP contribution in [0.15, 0.2) is 47.5 Å². The summed E-state index contributed by atoms with van der Waals surface area (Å²) in [6.45, 7) is 0. The second kappa shape index (κ2) is 5.54. The fourth-order valence-electron chi connectivity index (χ4n) is 1.29. The largest absolute Gasteiger partial charge is 0.256 e. The normalized spacial score (nSPS) is 11.0. The minimum absolute atomic E-state index is 0.506. The number of rotatable bonds is 2. The van der Waals surface area contributed by atoms with Crippen molar-refractivity contribution < 1.29 is 0 Å². The summed E-state index contributed by atoms with van der Waals surface area (Å²) in [5, 5.41) is 1.71. The van der Waals surface area contributed by atoms with E-state index < -0.39 is 0 Å². The van der Waals surface area contributed by atoms with Gasteiger partial charge in [-0.3, -0.25) is 4.99 Å². The molecule has 0 unspecified atom stereocenters. The smallest absolute Gasteiger partial charge is 0.0680 e. The van der Waals surface area contributed by atoms with E-state index in [4.69, 9.17) is 34.8 Å². The Morgan fingerprint density at radius 1 is 0.882 bits per heavy atom. The Balaban J connectivity index is 2.26. The summed E-state index contributed by atoms with van der Waals surface area (Å²) in [7, 11) is 0. The highest BCUT2D eigenvalue weighted by Crippen LogP contribution is 2.25. The van der Waals surface area contributed by atoms with Crippen LogP contribution in [0.2, 0.25) is 15.1 Å². The Bertz CT molecular complexity index is 547. The van der Waals surface area contributed by atoms with E-state index in [0.717, 1.165) is 11.3 Å². The molecule has 0 aliphatic heterocycles. The van der Waals surface area contributed by atoms with Gasteiger partial charge in [0, 0.05) is 16.8 Å². The quantitative estimate of drug-likeness (QED) is 0.655. The summed E-state index contributed by atoms with van der Waals surface area (Å²) in [5.74, 6) is 0. The van der Waals surface area contributed by atoms with Crippen molar-refractivity contribution in [2.75, 3.05) is 0 Å². The summed E-state index contributed by atoms with van der Waals surface area (Å²) < 4.78 is 0. The maximum absolute atomic E-state index is 6.04. The summed E-state index contributed by atoms with van der Waals surface area (Å²) >= 11 is 17.7. The van der Waals surface area contributed by atoms with Crippen molar-refractivity contribution in [2.45, 2.75) is 0 Å². The molecule has 0 aliphatic rings. The van der Waals surface area contributed by atoms with Gasteiger partial charge in [0.05, 0.1) is 15.7 Å². The first-order valence-corrected chi connectivity index (χ1v) is 6.04. The van der Waals surface area contributed by atoms with E-state index in [1.54, 1.807) is 24.4 Å². The molecule has 0 aromatic heterocycles. The second-order valence-electron chi connectivity index (χ2n) is 3.38. The van der Waals surface area contributed by atoms with Crippen molar-refractivity contribution >= 4 is 46.7 Å². The molecule has 0 atom stereocenters.